The van der Waals surface area contributed by atoms with E-state index < -0.39 is 6.09 Å². The third kappa shape index (κ3) is 1.69. The molecule has 0 unspecified atom stereocenters. The fourth-order valence-corrected chi connectivity index (χ4v) is 3.93. The zero-order chi connectivity index (χ0) is 14.6. The second kappa shape index (κ2) is 4.32. The lowest BCUT2D eigenvalue weighted by Crippen LogP contribution is -2.29. The predicted molar refractivity (Wildman–Crippen MR) is 74.7 cm³/mol. The van der Waals surface area contributed by atoms with E-state index in [1.54, 1.807) is 6.33 Å². The highest BCUT2D eigenvalue weighted by molar-refractivity contribution is 7.12. The summed E-state index contributed by atoms with van der Waals surface area (Å²) >= 11 is 1.41. The van der Waals surface area contributed by atoms with Crippen LogP contribution in [0.5, 0.6) is 5.88 Å². The summed E-state index contributed by atoms with van der Waals surface area (Å²) in [4.78, 5) is 30.4. The first kappa shape index (κ1) is 12.4. The van der Waals surface area contributed by atoms with Crippen LogP contribution in [0.4, 0.5) is 4.79 Å². The van der Waals surface area contributed by atoms with Crippen LogP contribution in [0.15, 0.2) is 17.8 Å². The summed E-state index contributed by atoms with van der Waals surface area (Å²) in [6.07, 6.45) is 2.41. The second-order valence-electron chi connectivity index (χ2n) is 5.02. The second-order valence-corrected chi connectivity index (χ2v) is 5.93. The van der Waals surface area contributed by atoms with Gasteiger partial charge in [0.05, 0.1) is 11.7 Å². The topological polar surface area (TPSA) is 90.5 Å². The Labute approximate surface area is 123 Å². The largest absolute Gasteiger partial charge is 0.411 e. The fourth-order valence-electron chi connectivity index (χ4n) is 3.09. The molecule has 7 nitrogen and oxygen atoms in total. The number of ether oxygens (including phenoxy) is 1. The number of hydrogen-bond acceptors (Lipinski definition) is 5. The van der Waals surface area contributed by atoms with E-state index in [1.165, 1.54) is 11.3 Å². The summed E-state index contributed by atoms with van der Waals surface area (Å²) < 4.78 is 6.85. The van der Waals surface area contributed by atoms with E-state index >= 15 is 0 Å². The molecule has 0 saturated carbocycles. The summed E-state index contributed by atoms with van der Waals surface area (Å²) in [6, 6.07) is 1.74. The van der Waals surface area contributed by atoms with Crippen LogP contribution >= 0.6 is 11.3 Å². The van der Waals surface area contributed by atoms with E-state index in [9.17, 15) is 9.59 Å². The summed E-state index contributed by atoms with van der Waals surface area (Å²) in [5.41, 5.74) is 6.60. The molecule has 1 atom stereocenters. The van der Waals surface area contributed by atoms with E-state index in [1.807, 2.05) is 20.9 Å². The Kier molecular flexibility index (Phi) is 2.55. The number of nitrogens with zero attached hydrogens (tertiary/aromatic N) is 3. The van der Waals surface area contributed by atoms with Crippen molar-refractivity contribution < 1.29 is 14.3 Å². The van der Waals surface area contributed by atoms with Crippen molar-refractivity contribution in [3.8, 4) is 11.6 Å². The van der Waals surface area contributed by atoms with Gasteiger partial charge in [0.25, 0.3) is 5.91 Å². The van der Waals surface area contributed by atoms with Crippen LogP contribution in [0, 0.1) is 0 Å². The van der Waals surface area contributed by atoms with Gasteiger partial charge in [-0.25, -0.2) is 9.78 Å². The quantitative estimate of drug-likeness (QED) is 0.868. The number of primary amides is 1. The van der Waals surface area contributed by atoms with Crippen LogP contribution in [0.25, 0.3) is 5.69 Å². The SMILES string of the molecule is NC(=O)Oc1ncn2c1[C@@H]1CCCN1C(=O)c1sccc1-2. The molecule has 8 heteroatoms. The molecule has 2 aliphatic heterocycles. The molecule has 1 saturated heterocycles. The lowest BCUT2D eigenvalue weighted by Gasteiger charge is -2.22. The molecule has 1 fully saturated rings. The number of hydrogen-bond donors (Lipinski definition) is 1. The Morgan fingerprint density at radius 1 is 1.52 bits per heavy atom. The summed E-state index contributed by atoms with van der Waals surface area (Å²) in [5, 5.41) is 1.87. The van der Waals surface area contributed by atoms with Gasteiger partial charge in [-0.3, -0.25) is 9.36 Å². The number of nitrogens with two attached hydrogens (primary N) is 1. The zero-order valence-corrected chi connectivity index (χ0v) is 11.8. The maximum Gasteiger partial charge on any atom is 0.411 e. The number of carbonyl (C=O) groups excluding carboxylic acids is 2. The van der Waals surface area contributed by atoms with Gasteiger partial charge < -0.3 is 15.4 Å². The molecule has 2 aromatic heterocycles. The molecule has 0 radical (unpaired) electrons. The highest BCUT2D eigenvalue weighted by Crippen LogP contribution is 2.43. The van der Waals surface area contributed by atoms with Gasteiger partial charge in [-0.2, -0.15) is 0 Å². The first-order valence-electron chi connectivity index (χ1n) is 6.60. The van der Waals surface area contributed by atoms with Crippen molar-refractivity contribution in [3.63, 3.8) is 0 Å². The molecule has 0 aromatic carbocycles. The van der Waals surface area contributed by atoms with Crippen LogP contribution in [-0.4, -0.2) is 33.0 Å². The molecule has 0 bridgehead atoms. The lowest BCUT2D eigenvalue weighted by molar-refractivity contribution is 0.0742. The van der Waals surface area contributed by atoms with Gasteiger partial charge in [-0.1, -0.05) is 0 Å². The lowest BCUT2D eigenvalue weighted by atomic mass is 10.1. The average Bonchev–Trinajstić information content (AvgIpc) is 3.13. The summed E-state index contributed by atoms with van der Waals surface area (Å²) in [7, 11) is 0. The third-order valence-electron chi connectivity index (χ3n) is 3.89. The van der Waals surface area contributed by atoms with Crippen LogP contribution in [0.3, 0.4) is 0 Å². The van der Waals surface area contributed by atoms with Crippen LogP contribution in [-0.2, 0) is 0 Å². The molecule has 108 valence electrons. The van der Waals surface area contributed by atoms with Crippen LogP contribution < -0.4 is 10.5 Å². The highest BCUT2D eigenvalue weighted by atomic mass is 32.1. The molecule has 0 aliphatic carbocycles. The van der Waals surface area contributed by atoms with Gasteiger partial charge in [0.1, 0.15) is 16.9 Å². The average molecular weight is 304 g/mol. The Hall–Kier alpha value is -2.35. The van der Waals surface area contributed by atoms with Crippen molar-refractivity contribution >= 4 is 23.3 Å². The Bertz CT molecular complexity index is 750. The summed E-state index contributed by atoms with van der Waals surface area (Å²) in [6.45, 7) is 0.696. The Balaban J connectivity index is 1.95. The minimum absolute atomic E-state index is 0.0243. The number of thiophene rings is 1. The van der Waals surface area contributed by atoms with Crippen molar-refractivity contribution in [2.45, 2.75) is 18.9 Å². The van der Waals surface area contributed by atoms with Gasteiger partial charge in [0.2, 0.25) is 5.88 Å². The van der Waals surface area contributed by atoms with Crippen molar-refractivity contribution in [2.24, 2.45) is 5.73 Å². The van der Waals surface area contributed by atoms with Gasteiger partial charge in [0, 0.05) is 6.54 Å². The minimum Gasteiger partial charge on any atom is -0.389 e. The normalized spacial score (nSPS) is 19.7. The number of carbonyl (C=O) groups is 2. The molecule has 2 amide bonds. The van der Waals surface area contributed by atoms with E-state index in [0.717, 1.165) is 24.2 Å². The van der Waals surface area contributed by atoms with Gasteiger partial charge in [0.15, 0.2) is 0 Å². The van der Waals surface area contributed by atoms with Crippen molar-refractivity contribution in [2.75, 3.05) is 6.54 Å². The van der Waals surface area contributed by atoms with E-state index in [0.29, 0.717) is 11.4 Å². The smallest absolute Gasteiger partial charge is 0.389 e. The standard InChI is InChI=1S/C13H12N4O3S/c14-13(19)20-11-9-7-2-1-4-16(7)12(18)10-8(3-5-21-10)17(9)6-15-11/h3,5-7H,1-2,4H2,(H2,14,19)/t7-/m0/s1. The van der Waals surface area contributed by atoms with Crippen LogP contribution in [0.2, 0.25) is 0 Å². The molecular formula is C13H12N4O3S. The molecule has 0 spiro atoms. The predicted octanol–water partition coefficient (Wildman–Crippen LogP) is 1.68. The fraction of sp³-hybridized carbons (Fsp3) is 0.308. The zero-order valence-electron chi connectivity index (χ0n) is 11.0. The summed E-state index contributed by atoms with van der Waals surface area (Å²) in [5.74, 6) is 0.211. The van der Waals surface area contributed by atoms with Crippen molar-refractivity contribution in [3.05, 3.63) is 28.3 Å². The number of imidazole rings is 1. The highest BCUT2D eigenvalue weighted by Gasteiger charge is 2.40. The first-order chi connectivity index (χ1) is 10.2. The number of amides is 2. The number of aromatic nitrogens is 2. The Morgan fingerprint density at radius 2 is 2.38 bits per heavy atom. The maximum absolute atomic E-state index is 12.6. The van der Waals surface area contributed by atoms with Crippen molar-refractivity contribution in [1.82, 2.24) is 14.5 Å². The van der Waals surface area contributed by atoms with E-state index in [4.69, 9.17) is 10.5 Å². The van der Waals surface area contributed by atoms with E-state index in [-0.39, 0.29) is 17.8 Å². The molecule has 2 aromatic rings. The molecule has 4 rings (SSSR count). The van der Waals surface area contributed by atoms with Gasteiger partial charge >= 0.3 is 6.09 Å². The molecule has 2 aliphatic rings. The third-order valence-corrected chi connectivity index (χ3v) is 4.79. The molecule has 4 heterocycles. The Morgan fingerprint density at radius 3 is 3.19 bits per heavy atom. The first-order valence-corrected chi connectivity index (χ1v) is 7.48. The molecule has 21 heavy (non-hydrogen) atoms. The van der Waals surface area contributed by atoms with Crippen molar-refractivity contribution in [1.29, 1.82) is 0 Å². The number of fused-ring (bicyclic) bond motifs is 5. The van der Waals surface area contributed by atoms with E-state index in [2.05, 4.69) is 4.98 Å². The molecule has 2 N–H and O–H groups in total. The van der Waals surface area contributed by atoms with Gasteiger partial charge in [-0.05, 0) is 24.3 Å². The minimum atomic E-state index is -0.901. The van der Waals surface area contributed by atoms with Gasteiger partial charge in [-0.15, -0.1) is 11.3 Å². The maximum atomic E-state index is 12.6. The monoisotopic (exact) mass is 304 g/mol. The molecular weight excluding hydrogens is 292 g/mol. The van der Waals surface area contributed by atoms with Crippen LogP contribution in [0.1, 0.15) is 34.2 Å². The number of rotatable bonds is 1.